The van der Waals surface area contributed by atoms with Crippen molar-refractivity contribution in [3.8, 4) is 11.4 Å². The zero-order valence-electron chi connectivity index (χ0n) is 11.9. The van der Waals surface area contributed by atoms with Crippen molar-refractivity contribution in [3.05, 3.63) is 46.8 Å². The fourth-order valence-corrected chi connectivity index (χ4v) is 3.00. The molecule has 0 N–H and O–H groups in total. The zero-order chi connectivity index (χ0) is 13.4. The average molecular weight is 252 g/mol. The number of nitrogens with zero attached hydrogens (tertiary/aromatic N) is 2. The molecule has 0 spiro atoms. The van der Waals surface area contributed by atoms with Crippen molar-refractivity contribution < 1.29 is 0 Å². The van der Waals surface area contributed by atoms with Crippen LogP contribution in [0.2, 0.25) is 0 Å². The Labute approximate surface area is 114 Å². The summed E-state index contributed by atoms with van der Waals surface area (Å²) in [5, 5.41) is 0. The van der Waals surface area contributed by atoms with E-state index in [-0.39, 0.29) is 0 Å². The second kappa shape index (κ2) is 4.76. The van der Waals surface area contributed by atoms with Crippen LogP contribution in [0.5, 0.6) is 0 Å². The Kier molecular flexibility index (Phi) is 3.09. The first-order valence-corrected chi connectivity index (χ1v) is 7.14. The highest BCUT2D eigenvalue weighted by atomic mass is 14.8. The lowest BCUT2D eigenvalue weighted by atomic mass is 9.91. The van der Waals surface area contributed by atoms with E-state index in [0.29, 0.717) is 5.92 Å². The van der Waals surface area contributed by atoms with Gasteiger partial charge in [0.15, 0.2) is 0 Å². The van der Waals surface area contributed by atoms with E-state index in [1.54, 1.807) is 0 Å². The molecule has 3 rings (SSSR count). The fraction of sp³-hybridized carbons (Fsp3) is 0.412. The topological polar surface area (TPSA) is 25.8 Å². The summed E-state index contributed by atoms with van der Waals surface area (Å²) in [5.74, 6) is 0.491. The van der Waals surface area contributed by atoms with Gasteiger partial charge in [0.1, 0.15) is 0 Å². The Hall–Kier alpha value is -1.70. The summed E-state index contributed by atoms with van der Waals surface area (Å²) in [4.78, 5) is 9.25. The van der Waals surface area contributed by atoms with E-state index < -0.39 is 0 Å². The molecule has 0 radical (unpaired) electrons. The molecule has 0 atom stereocenters. The molecule has 0 amide bonds. The van der Waals surface area contributed by atoms with Crippen LogP contribution in [0.25, 0.3) is 11.4 Å². The van der Waals surface area contributed by atoms with Crippen molar-refractivity contribution in [1.82, 2.24) is 9.97 Å². The first kappa shape index (κ1) is 12.3. The summed E-state index contributed by atoms with van der Waals surface area (Å²) in [7, 11) is 0. The molecule has 2 aromatic rings. The van der Waals surface area contributed by atoms with Crippen molar-refractivity contribution in [3.63, 3.8) is 0 Å². The van der Waals surface area contributed by atoms with Crippen molar-refractivity contribution in [2.45, 2.75) is 46.0 Å². The molecule has 0 aliphatic heterocycles. The summed E-state index contributed by atoms with van der Waals surface area (Å²) in [6, 6.07) is 4.58. The summed E-state index contributed by atoms with van der Waals surface area (Å²) in [5.41, 5.74) is 7.43. The number of unbranched alkanes of at least 4 members (excludes halogenated alkanes) is 1. The summed E-state index contributed by atoms with van der Waals surface area (Å²) in [6.07, 6.45) is 7.59. The van der Waals surface area contributed by atoms with Gasteiger partial charge < -0.3 is 0 Å². The standard InChI is InChI=1S/C17H20N2/c1-4-5-6-13-14-7-11(2)9-18-16(14)17-15(13)8-12(3)10-19-17/h7-10,13H,4-6H2,1-3H3. The molecule has 1 aliphatic carbocycles. The number of hydrogen-bond donors (Lipinski definition) is 0. The minimum Gasteiger partial charge on any atom is -0.254 e. The summed E-state index contributed by atoms with van der Waals surface area (Å²) < 4.78 is 0. The Balaban J connectivity index is 2.14. The van der Waals surface area contributed by atoms with Gasteiger partial charge in [0, 0.05) is 18.3 Å². The average Bonchev–Trinajstić information content (AvgIpc) is 2.68. The molecule has 0 bridgehead atoms. The molecule has 19 heavy (non-hydrogen) atoms. The van der Waals surface area contributed by atoms with Gasteiger partial charge in [-0.2, -0.15) is 0 Å². The molecule has 2 heterocycles. The third-order valence-corrected chi connectivity index (χ3v) is 3.93. The zero-order valence-corrected chi connectivity index (χ0v) is 11.9. The van der Waals surface area contributed by atoms with E-state index in [0.717, 1.165) is 11.4 Å². The van der Waals surface area contributed by atoms with Crippen LogP contribution in [0.1, 0.15) is 54.4 Å². The Morgan fingerprint density at radius 2 is 1.47 bits per heavy atom. The third-order valence-electron chi connectivity index (χ3n) is 3.93. The Morgan fingerprint density at radius 3 is 1.95 bits per heavy atom. The highest BCUT2D eigenvalue weighted by Crippen LogP contribution is 2.45. The molecule has 2 aromatic heterocycles. The first-order valence-electron chi connectivity index (χ1n) is 7.14. The predicted octanol–water partition coefficient (Wildman–Crippen LogP) is 4.40. The van der Waals surface area contributed by atoms with Gasteiger partial charge in [0.2, 0.25) is 0 Å². The highest BCUT2D eigenvalue weighted by molar-refractivity contribution is 5.72. The number of rotatable bonds is 3. The second-order valence-corrected chi connectivity index (χ2v) is 5.60. The number of pyridine rings is 2. The van der Waals surface area contributed by atoms with Crippen molar-refractivity contribution in [2.24, 2.45) is 0 Å². The van der Waals surface area contributed by atoms with Crippen molar-refractivity contribution in [2.75, 3.05) is 0 Å². The highest BCUT2D eigenvalue weighted by Gasteiger charge is 2.30. The maximum atomic E-state index is 4.63. The normalized spacial score (nSPS) is 13.4. The lowest BCUT2D eigenvalue weighted by molar-refractivity contribution is 0.657. The number of fused-ring (bicyclic) bond motifs is 3. The van der Waals surface area contributed by atoms with E-state index in [1.165, 1.54) is 41.5 Å². The molecule has 0 saturated carbocycles. The van der Waals surface area contributed by atoms with Crippen LogP contribution in [0, 0.1) is 13.8 Å². The van der Waals surface area contributed by atoms with Crippen LogP contribution in [0.4, 0.5) is 0 Å². The smallest absolute Gasteiger partial charge is 0.0927 e. The van der Waals surface area contributed by atoms with Crippen LogP contribution in [-0.4, -0.2) is 9.97 Å². The van der Waals surface area contributed by atoms with Crippen LogP contribution in [-0.2, 0) is 0 Å². The van der Waals surface area contributed by atoms with E-state index >= 15 is 0 Å². The largest absolute Gasteiger partial charge is 0.254 e. The monoisotopic (exact) mass is 252 g/mol. The van der Waals surface area contributed by atoms with Gasteiger partial charge in [0.05, 0.1) is 11.4 Å². The van der Waals surface area contributed by atoms with E-state index in [4.69, 9.17) is 0 Å². The Morgan fingerprint density at radius 1 is 0.947 bits per heavy atom. The molecule has 98 valence electrons. The van der Waals surface area contributed by atoms with Crippen LogP contribution in [0.3, 0.4) is 0 Å². The molecule has 1 aliphatic rings. The maximum Gasteiger partial charge on any atom is 0.0927 e. The molecule has 2 nitrogen and oxygen atoms in total. The van der Waals surface area contributed by atoms with Gasteiger partial charge in [0.25, 0.3) is 0 Å². The summed E-state index contributed by atoms with van der Waals surface area (Å²) in [6.45, 7) is 6.48. The van der Waals surface area contributed by atoms with Crippen LogP contribution >= 0.6 is 0 Å². The molecular weight excluding hydrogens is 232 g/mol. The number of aryl methyl sites for hydroxylation is 2. The van der Waals surface area contributed by atoms with Gasteiger partial charge in [-0.25, -0.2) is 0 Å². The molecular formula is C17H20N2. The number of hydrogen-bond acceptors (Lipinski definition) is 2. The second-order valence-electron chi connectivity index (χ2n) is 5.60. The molecule has 0 saturated heterocycles. The van der Waals surface area contributed by atoms with Crippen LogP contribution < -0.4 is 0 Å². The molecule has 0 fully saturated rings. The quantitative estimate of drug-likeness (QED) is 0.809. The van der Waals surface area contributed by atoms with Gasteiger partial charge in [-0.1, -0.05) is 31.9 Å². The van der Waals surface area contributed by atoms with E-state index in [1.807, 2.05) is 12.4 Å². The fourth-order valence-electron chi connectivity index (χ4n) is 3.00. The van der Waals surface area contributed by atoms with E-state index in [9.17, 15) is 0 Å². The maximum absolute atomic E-state index is 4.63. The molecule has 0 unspecified atom stereocenters. The Bertz CT molecular complexity index is 565. The first-order chi connectivity index (χ1) is 9.20. The minimum atomic E-state index is 0.491. The van der Waals surface area contributed by atoms with Crippen molar-refractivity contribution >= 4 is 0 Å². The summed E-state index contributed by atoms with van der Waals surface area (Å²) >= 11 is 0. The van der Waals surface area contributed by atoms with E-state index in [2.05, 4.69) is 42.9 Å². The van der Waals surface area contributed by atoms with Gasteiger partial charge >= 0.3 is 0 Å². The van der Waals surface area contributed by atoms with Gasteiger partial charge in [-0.05, 0) is 42.5 Å². The van der Waals surface area contributed by atoms with Gasteiger partial charge in [-0.3, -0.25) is 9.97 Å². The SMILES string of the molecule is CCCCC1c2cc(C)cnc2-c2ncc(C)cc21. The van der Waals surface area contributed by atoms with Crippen LogP contribution in [0.15, 0.2) is 24.5 Å². The lowest BCUT2D eigenvalue weighted by Gasteiger charge is -2.13. The molecule has 2 heteroatoms. The predicted molar refractivity (Wildman–Crippen MR) is 78.3 cm³/mol. The van der Waals surface area contributed by atoms with Crippen molar-refractivity contribution in [1.29, 1.82) is 0 Å². The lowest BCUT2D eigenvalue weighted by Crippen LogP contribution is -1.98. The molecule has 0 aromatic carbocycles. The number of aromatic nitrogens is 2. The third kappa shape index (κ3) is 2.05. The van der Waals surface area contributed by atoms with Gasteiger partial charge in [-0.15, -0.1) is 0 Å². The minimum absolute atomic E-state index is 0.491.